The molecule has 0 N–H and O–H groups in total. The van der Waals surface area contributed by atoms with E-state index in [1.807, 2.05) is 13.0 Å². The zero-order chi connectivity index (χ0) is 11.5. The molecule has 86 valence electrons. The number of nitrogens with zero attached hydrogens (tertiary/aromatic N) is 2. The number of aromatic nitrogens is 1. The number of ether oxygens (including phenoxy) is 1. The molecule has 2 heterocycles. The van der Waals surface area contributed by atoms with Gasteiger partial charge in [-0.25, -0.2) is 4.98 Å². The molecule has 2 rings (SSSR count). The molecule has 0 saturated carbocycles. The van der Waals surface area contributed by atoms with Crippen molar-refractivity contribution in [3.8, 4) is 5.88 Å². The second-order valence-electron chi connectivity index (χ2n) is 4.47. The van der Waals surface area contributed by atoms with E-state index >= 15 is 0 Å². The number of pyridine rings is 1. The van der Waals surface area contributed by atoms with Crippen molar-refractivity contribution < 1.29 is 4.74 Å². The van der Waals surface area contributed by atoms with Crippen molar-refractivity contribution in [1.82, 2.24) is 4.98 Å². The summed E-state index contributed by atoms with van der Waals surface area (Å²) >= 11 is 0. The van der Waals surface area contributed by atoms with Gasteiger partial charge in [0.15, 0.2) is 0 Å². The fraction of sp³-hybridized carbons (Fsp3) is 0.538. The molecule has 0 bridgehead atoms. The molecule has 3 heteroatoms. The second-order valence-corrected chi connectivity index (χ2v) is 4.47. The van der Waals surface area contributed by atoms with E-state index in [0.29, 0.717) is 11.8 Å². The lowest BCUT2D eigenvalue weighted by molar-refractivity contribution is 0.397. The van der Waals surface area contributed by atoms with E-state index in [9.17, 15) is 0 Å². The van der Waals surface area contributed by atoms with Gasteiger partial charge < -0.3 is 4.74 Å². The van der Waals surface area contributed by atoms with Crippen LogP contribution >= 0.6 is 0 Å². The summed E-state index contributed by atoms with van der Waals surface area (Å²) in [5.74, 6) is 1.39. The Morgan fingerprint density at radius 3 is 2.81 bits per heavy atom. The predicted octanol–water partition coefficient (Wildman–Crippen LogP) is 2.62. The normalized spacial score (nSPS) is 20.4. The minimum Gasteiger partial charge on any atom is -0.481 e. The van der Waals surface area contributed by atoms with Crippen LogP contribution in [0, 0.1) is 12.8 Å². The van der Waals surface area contributed by atoms with Gasteiger partial charge >= 0.3 is 0 Å². The van der Waals surface area contributed by atoms with Gasteiger partial charge in [0.05, 0.1) is 7.11 Å². The highest BCUT2D eigenvalue weighted by molar-refractivity contribution is 6.01. The number of aliphatic imine (C=N–C) groups is 1. The lowest BCUT2D eigenvalue weighted by Crippen LogP contribution is -2.14. The second kappa shape index (κ2) is 4.64. The van der Waals surface area contributed by atoms with Gasteiger partial charge in [-0.15, -0.1) is 0 Å². The Balaban J connectivity index is 2.29. The van der Waals surface area contributed by atoms with E-state index < -0.39 is 0 Å². The third-order valence-electron chi connectivity index (χ3n) is 2.94. The Morgan fingerprint density at radius 1 is 1.38 bits per heavy atom. The number of methoxy groups -OCH3 is 1. The van der Waals surface area contributed by atoms with Crippen LogP contribution in [0.15, 0.2) is 17.1 Å². The van der Waals surface area contributed by atoms with E-state index in [1.165, 1.54) is 12.1 Å². The van der Waals surface area contributed by atoms with Crippen LogP contribution in [0.2, 0.25) is 0 Å². The molecule has 0 fully saturated rings. The average Bonchev–Trinajstić information content (AvgIpc) is 2.29. The Labute approximate surface area is 96.6 Å². The predicted molar refractivity (Wildman–Crippen MR) is 65.3 cm³/mol. The molecule has 0 spiro atoms. The van der Waals surface area contributed by atoms with Gasteiger partial charge in [-0.2, -0.15) is 0 Å². The maximum absolute atomic E-state index is 5.18. The van der Waals surface area contributed by atoms with Gasteiger partial charge in [0.2, 0.25) is 5.88 Å². The zero-order valence-electron chi connectivity index (χ0n) is 10.2. The average molecular weight is 218 g/mol. The molecule has 0 radical (unpaired) electrons. The van der Waals surface area contributed by atoms with Crippen molar-refractivity contribution in [1.29, 1.82) is 0 Å². The van der Waals surface area contributed by atoms with Crippen molar-refractivity contribution in [3.05, 3.63) is 23.4 Å². The largest absolute Gasteiger partial charge is 0.481 e. The molecule has 1 atom stereocenters. The Bertz CT molecular complexity index is 412. The molecule has 0 aliphatic carbocycles. The van der Waals surface area contributed by atoms with Crippen LogP contribution in [0.3, 0.4) is 0 Å². The molecule has 0 aromatic carbocycles. The van der Waals surface area contributed by atoms with Crippen LogP contribution in [-0.2, 0) is 0 Å². The highest BCUT2D eigenvalue weighted by atomic mass is 16.5. The van der Waals surface area contributed by atoms with E-state index in [4.69, 9.17) is 4.74 Å². The number of hydrogen-bond acceptors (Lipinski definition) is 3. The summed E-state index contributed by atoms with van der Waals surface area (Å²) in [5.41, 5.74) is 3.34. The molecule has 3 nitrogen and oxygen atoms in total. The van der Waals surface area contributed by atoms with Crippen LogP contribution in [0.25, 0.3) is 0 Å². The molecular formula is C13H18N2O. The van der Waals surface area contributed by atoms with Gasteiger partial charge in [0.25, 0.3) is 0 Å². The standard InChI is InChI=1S/C13H18N2O/c1-9-4-5-12(14-8-9)11-6-10(2)15-13(7-11)16-3/h6-7,9H,4-5,8H2,1-3H3/t9-/m0/s1. The van der Waals surface area contributed by atoms with E-state index in [-0.39, 0.29) is 0 Å². The monoisotopic (exact) mass is 218 g/mol. The van der Waals surface area contributed by atoms with Crippen molar-refractivity contribution >= 4 is 5.71 Å². The first kappa shape index (κ1) is 11.1. The van der Waals surface area contributed by atoms with Gasteiger partial charge in [-0.1, -0.05) is 6.92 Å². The fourth-order valence-electron chi connectivity index (χ4n) is 1.96. The summed E-state index contributed by atoms with van der Waals surface area (Å²) in [5, 5.41) is 0. The highest BCUT2D eigenvalue weighted by Gasteiger charge is 2.14. The molecular weight excluding hydrogens is 200 g/mol. The smallest absolute Gasteiger partial charge is 0.213 e. The van der Waals surface area contributed by atoms with Gasteiger partial charge in [0, 0.05) is 29.6 Å². The number of hydrogen-bond donors (Lipinski definition) is 0. The first-order valence-electron chi connectivity index (χ1n) is 5.75. The van der Waals surface area contributed by atoms with Gasteiger partial charge in [-0.3, -0.25) is 4.99 Å². The summed E-state index contributed by atoms with van der Waals surface area (Å²) in [4.78, 5) is 8.92. The lowest BCUT2D eigenvalue weighted by Gasteiger charge is -2.18. The third-order valence-corrected chi connectivity index (χ3v) is 2.94. The van der Waals surface area contributed by atoms with Crippen LogP contribution in [0.5, 0.6) is 5.88 Å². The van der Waals surface area contributed by atoms with Gasteiger partial charge in [0.1, 0.15) is 0 Å². The maximum atomic E-state index is 5.18. The summed E-state index contributed by atoms with van der Waals surface area (Å²) < 4.78 is 5.18. The van der Waals surface area contributed by atoms with Crippen molar-refractivity contribution in [2.24, 2.45) is 10.9 Å². The van der Waals surface area contributed by atoms with Crippen molar-refractivity contribution in [2.75, 3.05) is 13.7 Å². The Hall–Kier alpha value is -1.38. The first-order valence-corrected chi connectivity index (χ1v) is 5.75. The maximum Gasteiger partial charge on any atom is 0.213 e. The van der Waals surface area contributed by atoms with Crippen LogP contribution in [-0.4, -0.2) is 24.4 Å². The van der Waals surface area contributed by atoms with Gasteiger partial charge in [-0.05, 0) is 31.7 Å². The highest BCUT2D eigenvalue weighted by Crippen LogP contribution is 2.20. The number of aryl methyl sites for hydroxylation is 1. The first-order chi connectivity index (χ1) is 7.69. The van der Waals surface area contributed by atoms with Crippen LogP contribution in [0.4, 0.5) is 0 Å². The lowest BCUT2D eigenvalue weighted by atomic mass is 9.96. The molecule has 0 amide bonds. The summed E-state index contributed by atoms with van der Waals surface area (Å²) in [6.45, 7) is 5.18. The molecule has 1 aromatic heterocycles. The topological polar surface area (TPSA) is 34.5 Å². The van der Waals surface area contributed by atoms with Crippen molar-refractivity contribution in [2.45, 2.75) is 26.7 Å². The molecule has 0 saturated heterocycles. The Kier molecular flexibility index (Phi) is 3.22. The van der Waals surface area contributed by atoms with Crippen LogP contribution in [0.1, 0.15) is 31.0 Å². The summed E-state index contributed by atoms with van der Waals surface area (Å²) in [6.07, 6.45) is 2.29. The number of rotatable bonds is 2. The minimum absolute atomic E-state index is 0.677. The molecule has 1 aliphatic heterocycles. The Morgan fingerprint density at radius 2 is 2.19 bits per heavy atom. The van der Waals surface area contributed by atoms with Crippen LogP contribution < -0.4 is 4.74 Å². The van der Waals surface area contributed by atoms with E-state index in [2.05, 4.69) is 23.0 Å². The van der Waals surface area contributed by atoms with E-state index in [0.717, 1.165) is 24.2 Å². The zero-order valence-corrected chi connectivity index (χ0v) is 10.2. The molecule has 1 aliphatic rings. The summed E-state index contributed by atoms with van der Waals surface area (Å²) in [6, 6.07) is 4.05. The van der Waals surface area contributed by atoms with Crippen molar-refractivity contribution in [3.63, 3.8) is 0 Å². The molecule has 0 unspecified atom stereocenters. The summed E-state index contributed by atoms with van der Waals surface area (Å²) in [7, 11) is 1.65. The SMILES string of the molecule is COc1cc(C2=NC[C@@H](C)CC2)cc(C)n1. The third kappa shape index (κ3) is 2.40. The minimum atomic E-state index is 0.677. The van der Waals surface area contributed by atoms with E-state index in [1.54, 1.807) is 7.11 Å². The molecule has 1 aromatic rings. The molecule has 16 heavy (non-hydrogen) atoms. The fourth-order valence-corrected chi connectivity index (χ4v) is 1.96. The quantitative estimate of drug-likeness (QED) is 0.764.